The highest BCUT2D eigenvalue weighted by molar-refractivity contribution is 5.87. The largest absolute Gasteiger partial charge is 0.496 e. The molecule has 0 saturated heterocycles. The van der Waals surface area contributed by atoms with Crippen molar-refractivity contribution in [1.82, 2.24) is 5.32 Å². The van der Waals surface area contributed by atoms with Gasteiger partial charge in [-0.2, -0.15) is 0 Å². The first-order valence-electron chi connectivity index (χ1n) is 5.56. The second kappa shape index (κ2) is 4.99. The van der Waals surface area contributed by atoms with E-state index in [1.54, 1.807) is 7.11 Å². The molecule has 0 heterocycles. The number of nitrogens with one attached hydrogen (secondary N) is 1. The Labute approximate surface area is 96.2 Å². The summed E-state index contributed by atoms with van der Waals surface area (Å²) in [5.74, 6) is 0.981. The highest BCUT2D eigenvalue weighted by atomic mass is 16.5. The monoisotopic (exact) mass is 215 g/mol. The number of benzene rings is 2. The highest BCUT2D eigenvalue weighted by Crippen LogP contribution is 2.28. The summed E-state index contributed by atoms with van der Waals surface area (Å²) in [7, 11) is 3.70. The van der Waals surface area contributed by atoms with Gasteiger partial charge in [0.1, 0.15) is 5.75 Å². The Hall–Kier alpha value is -1.54. The van der Waals surface area contributed by atoms with Crippen LogP contribution in [0.3, 0.4) is 0 Å². The average molecular weight is 215 g/mol. The molecule has 2 rings (SSSR count). The zero-order valence-electron chi connectivity index (χ0n) is 9.79. The third-order valence-electron chi connectivity index (χ3n) is 2.84. The van der Waals surface area contributed by atoms with E-state index in [-0.39, 0.29) is 0 Å². The first kappa shape index (κ1) is 11.0. The fourth-order valence-corrected chi connectivity index (χ4v) is 2.02. The molecule has 0 radical (unpaired) electrons. The lowest BCUT2D eigenvalue weighted by molar-refractivity contribution is 0.410. The van der Waals surface area contributed by atoms with Crippen molar-refractivity contribution in [3.63, 3.8) is 0 Å². The van der Waals surface area contributed by atoms with Crippen LogP contribution in [0.2, 0.25) is 0 Å². The van der Waals surface area contributed by atoms with Gasteiger partial charge < -0.3 is 10.1 Å². The molecule has 0 amide bonds. The van der Waals surface area contributed by atoms with Crippen molar-refractivity contribution in [2.24, 2.45) is 0 Å². The van der Waals surface area contributed by atoms with Gasteiger partial charge in [0.2, 0.25) is 0 Å². The summed E-state index contributed by atoms with van der Waals surface area (Å²) in [6, 6.07) is 12.6. The van der Waals surface area contributed by atoms with E-state index < -0.39 is 0 Å². The lowest BCUT2D eigenvalue weighted by Gasteiger charge is -2.11. The third-order valence-corrected chi connectivity index (χ3v) is 2.84. The molecule has 2 aromatic rings. The van der Waals surface area contributed by atoms with Crippen LogP contribution in [0.25, 0.3) is 10.8 Å². The van der Waals surface area contributed by atoms with Crippen molar-refractivity contribution < 1.29 is 4.74 Å². The van der Waals surface area contributed by atoms with E-state index >= 15 is 0 Å². The number of likely N-dealkylation sites (N-methyl/N-ethyl adjacent to an activating group) is 1. The van der Waals surface area contributed by atoms with E-state index in [1.165, 1.54) is 16.3 Å². The second-order valence-electron chi connectivity index (χ2n) is 3.82. The van der Waals surface area contributed by atoms with Gasteiger partial charge in [-0.15, -0.1) is 0 Å². The van der Waals surface area contributed by atoms with Crippen LogP contribution in [-0.4, -0.2) is 20.7 Å². The summed E-state index contributed by atoms with van der Waals surface area (Å²) < 4.78 is 5.42. The van der Waals surface area contributed by atoms with Crippen LogP contribution >= 0.6 is 0 Å². The number of rotatable bonds is 4. The maximum absolute atomic E-state index is 5.42. The Morgan fingerprint density at radius 1 is 1.12 bits per heavy atom. The minimum Gasteiger partial charge on any atom is -0.496 e. The maximum atomic E-state index is 5.42. The molecule has 0 atom stereocenters. The van der Waals surface area contributed by atoms with Gasteiger partial charge in [0, 0.05) is 5.56 Å². The van der Waals surface area contributed by atoms with Gasteiger partial charge in [-0.1, -0.05) is 30.3 Å². The van der Waals surface area contributed by atoms with Crippen molar-refractivity contribution in [2.75, 3.05) is 20.7 Å². The van der Waals surface area contributed by atoms with Crippen LogP contribution in [0.15, 0.2) is 36.4 Å². The van der Waals surface area contributed by atoms with E-state index in [1.807, 2.05) is 13.1 Å². The quantitative estimate of drug-likeness (QED) is 0.846. The van der Waals surface area contributed by atoms with Crippen LogP contribution in [0, 0.1) is 0 Å². The lowest BCUT2D eigenvalue weighted by atomic mass is 10.0. The Balaban J connectivity index is 2.54. The average Bonchev–Trinajstić information content (AvgIpc) is 2.35. The molecule has 2 nitrogen and oxygen atoms in total. The van der Waals surface area contributed by atoms with Gasteiger partial charge in [0.05, 0.1) is 7.11 Å². The predicted octanol–water partition coefficient (Wildman–Crippen LogP) is 2.61. The lowest BCUT2D eigenvalue weighted by Crippen LogP contribution is -2.11. The summed E-state index contributed by atoms with van der Waals surface area (Å²) in [5, 5.41) is 5.74. The molecule has 2 aromatic carbocycles. The summed E-state index contributed by atoms with van der Waals surface area (Å²) in [5.41, 5.74) is 1.29. The summed E-state index contributed by atoms with van der Waals surface area (Å²) >= 11 is 0. The van der Waals surface area contributed by atoms with Crippen molar-refractivity contribution >= 4 is 10.8 Å². The normalized spacial score (nSPS) is 10.6. The molecule has 0 spiro atoms. The van der Waals surface area contributed by atoms with Gasteiger partial charge in [-0.3, -0.25) is 0 Å². The number of hydrogen-bond donors (Lipinski definition) is 1. The zero-order chi connectivity index (χ0) is 11.4. The fraction of sp³-hybridized carbons (Fsp3) is 0.286. The summed E-state index contributed by atoms with van der Waals surface area (Å²) in [6.45, 7) is 0.963. The molecule has 0 saturated carbocycles. The molecule has 16 heavy (non-hydrogen) atoms. The van der Waals surface area contributed by atoms with Gasteiger partial charge in [0.15, 0.2) is 0 Å². The molecule has 0 bridgehead atoms. The van der Waals surface area contributed by atoms with Gasteiger partial charge in [-0.25, -0.2) is 0 Å². The molecule has 0 unspecified atom stereocenters. The minimum atomic E-state index is 0.963. The van der Waals surface area contributed by atoms with Crippen LogP contribution in [-0.2, 0) is 6.42 Å². The molecule has 0 aliphatic rings. The first-order chi connectivity index (χ1) is 7.86. The standard InChI is InChI=1S/C14H17NO/c1-15-10-9-13-12-6-4-3-5-11(12)7-8-14(13)16-2/h3-8,15H,9-10H2,1-2H3. The Morgan fingerprint density at radius 3 is 2.69 bits per heavy atom. The van der Waals surface area contributed by atoms with Gasteiger partial charge in [-0.05, 0) is 36.9 Å². The molecule has 0 fully saturated rings. The highest BCUT2D eigenvalue weighted by Gasteiger charge is 2.06. The van der Waals surface area contributed by atoms with Crippen molar-refractivity contribution in [3.05, 3.63) is 42.0 Å². The Bertz CT molecular complexity index is 479. The molecule has 0 aliphatic heterocycles. The minimum absolute atomic E-state index is 0.963. The van der Waals surface area contributed by atoms with E-state index in [2.05, 4.69) is 35.6 Å². The Morgan fingerprint density at radius 2 is 1.94 bits per heavy atom. The molecule has 84 valence electrons. The number of fused-ring (bicyclic) bond motifs is 1. The summed E-state index contributed by atoms with van der Waals surface area (Å²) in [6.07, 6.45) is 0.987. The van der Waals surface area contributed by atoms with Crippen molar-refractivity contribution in [2.45, 2.75) is 6.42 Å². The van der Waals surface area contributed by atoms with E-state index in [4.69, 9.17) is 4.74 Å². The third kappa shape index (κ3) is 2.02. The topological polar surface area (TPSA) is 21.3 Å². The molecule has 2 heteroatoms. The van der Waals surface area contributed by atoms with Crippen LogP contribution in [0.1, 0.15) is 5.56 Å². The fourth-order valence-electron chi connectivity index (χ4n) is 2.02. The van der Waals surface area contributed by atoms with Crippen LogP contribution in [0.5, 0.6) is 5.75 Å². The van der Waals surface area contributed by atoms with E-state index in [0.29, 0.717) is 0 Å². The van der Waals surface area contributed by atoms with E-state index in [0.717, 1.165) is 18.7 Å². The van der Waals surface area contributed by atoms with Crippen molar-refractivity contribution in [3.8, 4) is 5.75 Å². The zero-order valence-corrected chi connectivity index (χ0v) is 9.79. The number of ether oxygens (including phenoxy) is 1. The van der Waals surface area contributed by atoms with Crippen molar-refractivity contribution in [1.29, 1.82) is 0 Å². The smallest absolute Gasteiger partial charge is 0.122 e. The molecular formula is C14H17NO. The molecule has 0 aliphatic carbocycles. The Kier molecular flexibility index (Phi) is 3.42. The molecule has 0 aromatic heterocycles. The SMILES string of the molecule is CNCCc1c(OC)ccc2ccccc12. The van der Waals surface area contributed by atoms with Gasteiger partial charge in [0.25, 0.3) is 0 Å². The number of hydrogen-bond acceptors (Lipinski definition) is 2. The maximum Gasteiger partial charge on any atom is 0.122 e. The molecule has 1 N–H and O–H groups in total. The first-order valence-corrected chi connectivity index (χ1v) is 5.56. The molecular weight excluding hydrogens is 198 g/mol. The summed E-state index contributed by atoms with van der Waals surface area (Å²) in [4.78, 5) is 0. The van der Waals surface area contributed by atoms with Crippen LogP contribution in [0.4, 0.5) is 0 Å². The van der Waals surface area contributed by atoms with E-state index in [9.17, 15) is 0 Å². The van der Waals surface area contributed by atoms with Crippen LogP contribution < -0.4 is 10.1 Å². The van der Waals surface area contributed by atoms with Gasteiger partial charge >= 0.3 is 0 Å². The predicted molar refractivity (Wildman–Crippen MR) is 68.1 cm³/mol. The second-order valence-corrected chi connectivity index (χ2v) is 3.82. The number of methoxy groups -OCH3 is 1.